The first kappa shape index (κ1) is 15.4. The summed E-state index contributed by atoms with van der Waals surface area (Å²) in [6, 6.07) is 5.51. The Bertz CT molecular complexity index is 662. The Kier molecular flexibility index (Phi) is 4.22. The quantitative estimate of drug-likeness (QED) is 0.807. The number of hydrogen-bond donors (Lipinski definition) is 0. The molecule has 0 saturated heterocycles. The van der Waals surface area contributed by atoms with Gasteiger partial charge in [0, 0.05) is 5.56 Å². The molecule has 0 aliphatic heterocycles. The van der Waals surface area contributed by atoms with E-state index in [-0.39, 0.29) is 5.69 Å². The highest BCUT2D eigenvalue weighted by Gasteiger charge is 2.34. The van der Waals surface area contributed by atoms with E-state index in [1.165, 1.54) is 20.3 Å². The molecule has 1 heterocycles. The van der Waals surface area contributed by atoms with Crippen molar-refractivity contribution < 1.29 is 22.6 Å². The Hall–Kier alpha value is -2.02. The van der Waals surface area contributed by atoms with Crippen molar-refractivity contribution in [3.8, 4) is 22.8 Å². The molecular formula is C13H10ClF3N2O2. The van der Waals surface area contributed by atoms with Gasteiger partial charge in [-0.2, -0.15) is 13.2 Å². The van der Waals surface area contributed by atoms with Gasteiger partial charge in [0.25, 0.3) is 0 Å². The maximum absolute atomic E-state index is 12.8. The summed E-state index contributed by atoms with van der Waals surface area (Å²) in [6.45, 7) is 0. The molecule has 1 aromatic heterocycles. The Labute approximate surface area is 123 Å². The van der Waals surface area contributed by atoms with Gasteiger partial charge < -0.3 is 9.47 Å². The maximum atomic E-state index is 12.8. The second kappa shape index (κ2) is 5.77. The summed E-state index contributed by atoms with van der Waals surface area (Å²) in [5.41, 5.74) is -0.799. The molecule has 0 radical (unpaired) electrons. The van der Waals surface area contributed by atoms with Gasteiger partial charge in [-0.3, -0.25) is 0 Å². The number of nitrogens with zero attached hydrogens (tertiary/aromatic N) is 2. The van der Waals surface area contributed by atoms with Crippen LogP contribution in [-0.2, 0) is 6.18 Å². The SMILES string of the molecule is COc1ccc(OC)c(-c2cc(C(F)(F)F)nc(Cl)n2)c1. The van der Waals surface area contributed by atoms with Crippen LogP contribution < -0.4 is 9.47 Å². The molecular weight excluding hydrogens is 309 g/mol. The first-order valence-electron chi connectivity index (χ1n) is 5.69. The smallest absolute Gasteiger partial charge is 0.433 e. The number of alkyl halides is 3. The molecule has 8 heteroatoms. The highest BCUT2D eigenvalue weighted by atomic mass is 35.5. The summed E-state index contributed by atoms with van der Waals surface area (Å²) in [6.07, 6.45) is -4.62. The van der Waals surface area contributed by atoms with Crippen LogP contribution in [0.4, 0.5) is 13.2 Å². The average Bonchev–Trinajstić information content (AvgIpc) is 2.45. The zero-order chi connectivity index (χ0) is 15.6. The fraction of sp³-hybridized carbons (Fsp3) is 0.231. The number of aromatic nitrogens is 2. The first-order chi connectivity index (χ1) is 9.85. The van der Waals surface area contributed by atoms with Crippen molar-refractivity contribution in [2.24, 2.45) is 0 Å². The van der Waals surface area contributed by atoms with E-state index in [1.54, 1.807) is 12.1 Å². The van der Waals surface area contributed by atoms with Crippen LogP contribution in [0.2, 0.25) is 5.28 Å². The molecule has 0 aliphatic rings. The van der Waals surface area contributed by atoms with E-state index in [4.69, 9.17) is 21.1 Å². The molecule has 0 fully saturated rings. The minimum Gasteiger partial charge on any atom is -0.497 e. The van der Waals surface area contributed by atoms with Gasteiger partial charge >= 0.3 is 6.18 Å². The number of methoxy groups -OCH3 is 2. The monoisotopic (exact) mass is 318 g/mol. The fourth-order valence-corrected chi connectivity index (χ4v) is 1.90. The highest BCUT2D eigenvalue weighted by Crippen LogP contribution is 2.36. The van der Waals surface area contributed by atoms with Gasteiger partial charge in [0.2, 0.25) is 5.28 Å². The molecule has 112 valence electrons. The Morgan fingerprint density at radius 2 is 1.76 bits per heavy atom. The van der Waals surface area contributed by atoms with Crippen LogP contribution in [0.3, 0.4) is 0 Å². The lowest BCUT2D eigenvalue weighted by Gasteiger charge is -2.12. The van der Waals surface area contributed by atoms with Gasteiger partial charge in [0.1, 0.15) is 17.2 Å². The second-order valence-electron chi connectivity index (χ2n) is 3.97. The van der Waals surface area contributed by atoms with Gasteiger partial charge in [0.15, 0.2) is 0 Å². The summed E-state index contributed by atoms with van der Waals surface area (Å²) in [5, 5.41) is -0.496. The molecule has 0 bridgehead atoms. The number of ether oxygens (including phenoxy) is 2. The van der Waals surface area contributed by atoms with Crippen LogP contribution >= 0.6 is 11.6 Å². The molecule has 0 saturated carbocycles. The lowest BCUT2D eigenvalue weighted by Crippen LogP contribution is -2.09. The Morgan fingerprint density at radius 1 is 1.05 bits per heavy atom. The molecule has 2 rings (SSSR count). The standard InChI is InChI=1S/C13H10ClF3N2O2/c1-20-7-3-4-10(21-2)8(5-7)9-6-11(13(15,16)17)19-12(14)18-9/h3-6H,1-2H3. The molecule has 0 N–H and O–H groups in total. The van der Waals surface area contributed by atoms with Gasteiger partial charge in [0.05, 0.1) is 19.9 Å². The minimum absolute atomic E-state index is 0.00178. The average molecular weight is 319 g/mol. The molecule has 0 amide bonds. The zero-order valence-electron chi connectivity index (χ0n) is 11.0. The minimum atomic E-state index is -4.62. The predicted molar refractivity (Wildman–Crippen MR) is 70.6 cm³/mol. The second-order valence-corrected chi connectivity index (χ2v) is 4.31. The maximum Gasteiger partial charge on any atom is 0.433 e. The number of rotatable bonds is 3. The molecule has 0 unspecified atom stereocenters. The van der Waals surface area contributed by atoms with Crippen LogP contribution in [0, 0.1) is 0 Å². The molecule has 21 heavy (non-hydrogen) atoms. The van der Waals surface area contributed by atoms with Gasteiger partial charge in [-0.25, -0.2) is 9.97 Å². The molecule has 4 nitrogen and oxygen atoms in total. The van der Waals surface area contributed by atoms with Gasteiger partial charge in [-0.05, 0) is 35.9 Å². The van der Waals surface area contributed by atoms with E-state index in [9.17, 15) is 13.2 Å². The fourth-order valence-electron chi connectivity index (χ4n) is 1.72. The lowest BCUT2D eigenvalue weighted by atomic mass is 10.1. The van der Waals surface area contributed by atoms with E-state index >= 15 is 0 Å². The third kappa shape index (κ3) is 3.36. The van der Waals surface area contributed by atoms with Crippen molar-refractivity contribution in [1.29, 1.82) is 0 Å². The molecule has 0 spiro atoms. The summed E-state index contributed by atoms with van der Waals surface area (Å²) < 4.78 is 48.5. The lowest BCUT2D eigenvalue weighted by molar-refractivity contribution is -0.141. The number of hydrogen-bond acceptors (Lipinski definition) is 4. The third-order valence-corrected chi connectivity index (χ3v) is 2.84. The molecule has 0 aliphatic carbocycles. The van der Waals surface area contributed by atoms with Crippen molar-refractivity contribution in [3.05, 3.63) is 35.2 Å². The van der Waals surface area contributed by atoms with E-state index in [1.807, 2.05) is 0 Å². The van der Waals surface area contributed by atoms with E-state index in [2.05, 4.69) is 9.97 Å². The van der Waals surface area contributed by atoms with Crippen LogP contribution in [0.25, 0.3) is 11.3 Å². The molecule has 1 aromatic carbocycles. The summed E-state index contributed by atoms with van der Waals surface area (Å²) in [4.78, 5) is 7.01. The normalized spacial score (nSPS) is 11.3. The van der Waals surface area contributed by atoms with Crippen LogP contribution in [0.15, 0.2) is 24.3 Å². The Balaban J connectivity index is 2.63. The predicted octanol–water partition coefficient (Wildman–Crippen LogP) is 3.83. The first-order valence-corrected chi connectivity index (χ1v) is 6.07. The van der Waals surface area contributed by atoms with Crippen molar-refractivity contribution in [3.63, 3.8) is 0 Å². The summed E-state index contributed by atoms with van der Waals surface area (Å²) >= 11 is 5.58. The van der Waals surface area contributed by atoms with Gasteiger partial charge in [-0.15, -0.1) is 0 Å². The van der Waals surface area contributed by atoms with E-state index in [0.717, 1.165) is 6.07 Å². The van der Waals surface area contributed by atoms with Crippen LogP contribution in [0.1, 0.15) is 5.69 Å². The molecule has 2 aromatic rings. The highest BCUT2D eigenvalue weighted by molar-refractivity contribution is 6.28. The van der Waals surface area contributed by atoms with E-state index < -0.39 is 17.2 Å². The van der Waals surface area contributed by atoms with Crippen LogP contribution in [-0.4, -0.2) is 24.2 Å². The summed E-state index contributed by atoms with van der Waals surface area (Å²) in [5.74, 6) is 0.799. The third-order valence-electron chi connectivity index (χ3n) is 2.67. The zero-order valence-corrected chi connectivity index (χ0v) is 11.8. The largest absolute Gasteiger partial charge is 0.497 e. The Morgan fingerprint density at radius 3 is 2.33 bits per heavy atom. The number of halogens is 4. The summed E-state index contributed by atoms with van der Waals surface area (Å²) in [7, 11) is 2.85. The topological polar surface area (TPSA) is 44.2 Å². The number of benzene rings is 1. The van der Waals surface area contributed by atoms with Crippen molar-refractivity contribution in [2.75, 3.05) is 14.2 Å². The van der Waals surface area contributed by atoms with Crippen molar-refractivity contribution in [2.45, 2.75) is 6.18 Å². The van der Waals surface area contributed by atoms with Crippen molar-refractivity contribution in [1.82, 2.24) is 9.97 Å². The van der Waals surface area contributed by atoms with Crippen molar-refractivity contribution >= 4 is 11.6 Å². The van der Waals surface area contributed by atoms with Crippen LogP contribution in [0.5, 0.6) is 11.5 Å². The van der Waals surface area contributed by atoms with E-state index in [0.29, 0.717) is 17.1 Å². The molecule has 0 atom stereocenters. The van der Waals surface area contributed by atoms with Gasteiger partial charge in [-0.1, -0.05) is 0 Å².